The molecule has 0 aromatic heterocycles. The Hall–Kier alpha value is -1.95. The van der Waals surface area contributed by atoms with Crippen molar-refractivity contribution in [1.82, 2.24) is 10.2 Å². The van der Waals surface area contributed by atoms with Gasteiger partial charge < -0.3 is 15.5 Å². The SMILES string of the molecule is CC(=O)Nc1cc(C(=O)N2CCC3CCC(C2)N3)ccc1F. The third-order valence-corrected chi connectivity index (χ3v) is 4.33. The second-order valence-corrected chi connectivity index (χ2v) is 6.05. The molecule has 2 N–H and O–H groups in total. The average Bonchev–Trinajstić information content (AvgIpc) is 2.79. The van der Waals surface area contributed by atoms with Crippen molar-refractivity contribution in [3.8, 4) is 0 Å². The molecule has 2 heterocycles. The summed E-state index contributed by atoms with van der Waals surface area (Å²) in [6, 6.07) is 4.97. The van der Waals surface area contributed by atoms with Crippen molar-refractivity contribution in [3.63, 3.8) is 0 Å². The molecular weight excluding hydrogens is 285 g/mol. The molecule has 5 nitrogen and oxygen atoms in total. The van der Waals surface area contributed by atoms with Gasteiger partial charge >= 0.3 is 0 Å². The number of likely N-dealkylation sites (tertiary alicyclic amines) is 1. The lowest BCUT2D eigenvalue weighted by Crippen LogP contribution is -2.39. The monoisotopic (exact) mass is 305 g/mol. The lowest BCUT2D eigenvalue weighted by Gasteiger charge is -2.24. The van der Waals surface area contributed by atoms with E-state index in [0.717, 1.165) is 12.8 Å². The van der Waals surface area contributed by atoms with Crippen molar-refractivity contribution in [3.05, 3.63) is 29.6 Å². The van der Waals surface area contributed by atoms with E-state index in [1.807, 2.05) is 4.90 Å². The fraction of sp³-hybridized carbons (Fsp3) is 0.500. The minimum Gasteiger partial charge on any atom is -0.337 e. The standard InChI is InChI=1S/C16H20FN3O2/c1-10(21)18-15-8-11(2-5-14(15)17)16(22)20-7-6-12-3-4-13(9-20)19-12/h2,5,8,12-13,19H,3-4,6-7,9H2,1H3,(H,18,21). The van der Waals surface area contributed by atoms with Gasteiger partial charge in [0.2, 0.25) is 5.91 Å². The van der Waals surface area contributed by atoms with Crippen LogP contribution >= 0.6 is 0 Å². The number of nitrogens with one attached hydrogen (secondary N) is 2. The van der Waals surface area contributed by atoms with Crippen LogP contribution in [-0.2, 0) is 4.79 Å². The van der Waals surface area contributed by atoms with Crippen LogP contribution in [0.1, 0.15) is 36.5 Å². The Morgan fingerprint density at radius 1 is 1.27 bits per heavy atom. The van der Waals surface area contributed by atoms with Crippen LogP contribution < -0.4 is 10.6 Å². The van der Waals surface area contributed by atoms with Gasteiger partial charge in [-0.3, -0.25) is 9.59 Å². The summed E-state index contributed by atoms with van der Waals surface area (Å²) in [4.78, 5) is 25.6. The van der Waals surface area contributed by atoms with E-state index in [2.05, 4.69) is 10.6 Å². The molecule has 1 aromatic carbocycles. The number of hydrogen-bond donors (Lipinski definition) is 2. The Labute approximate surface area is 128 Å². The molecule has 118 valence electrons. The Kier molecular flexibility index (Phi) is 4.11. The molecule has 2 aliphatic heterocycles. The minimum atomic E-state index is -0.539. The van der Waals surface area contributed by atoms with Crippen molar-refractivity contribution in [2.45, 2.75) is 38.3 Å². The Bertz CT molecular complexity index is 605. The van der Waals surface area contributed by atoms with Crippen molar-refractivity contribution >= 4 is 17.5 Å². The van der Waals surface area contributed by atoms with Crippen LogP contribution in [0.15, 0.2) is 18.2 Å². The van der Waals surface area contributed by atoms with Crippen molar-refractivity contribution in [2.24, 2.45) is 0 Å². The molecule has 2 amide bonds. The van der Waals surface area contributed by atoms with E-state index in [1.165, 1.54) is 31.5 Å². The molecule has 0 spiro atoms. The van der Waals surface area contributed by atoms with E-state index in [9.17, 15) is 14.0 Å². The Morgan fingerprint density at radius 3 is 2.82 bits per heavy atom. The molecule has 1 aromatic rings. The predicted octanol–water partition coefficient (Wildman–Crippen LogP) is 1.75. The molecule has 2 atom stereocenters. The lowest BCUT2D eigenvalue weighted by atomic mass is 10.1. The van der Waals surface area contributed by atoms with Crippen LogP contribution in [0.5, 0.6) is 0 Å². The summed E-state index contributed by atoms with van der Waals surface area (Å²) < 4.78 is 13.7. The van der Waals surface area contributed by atoms with Crippen LogP contribution in [0.4, 0.5) is 10.1 Å². The smallest absolute Gasteiger partial charge is 0.253 e. The second kappa shape index (κ2) is 6.04. The summed E-state index contributed by atoms with van der Waals surface area (Å²) in [5.74, 6) is -1.01. The van der Waals surface area contributed by atoms with Crippen LogP contribution in [-0.4, -0.2) is 41.9 Å². The highest BCUT2D eigenvalue weighted by molar-refractivity contribution is 5.97. The lowest BCUT2D eigenvalue weighted by molar-refractivity contribution is -0.114. The number of fused-ring (bicyclic) bond motifs is 2. The van der Waals surface area contributed by atoms with Gasteiger partial charge in [-0.2, -0.15) is 0 Å². The molecule has 0 saturated carbocycles. The number of amides is 2. The number of anilines is 1. The second-order valence-electron chi connectivity index (χ2n) is 6.05. The number of benzene rings is 1. The maximum absolute atomic E-state index is 13.7. The van der Waals surface area contributed by atoms with Gasteiger partial charge in [0.15, 0.2) is 0 Å². The number of nitrogens with zero attached hydrogens (tertiary/aromatic N) is 1. The highest BCUT2D eigenvalue weighted by Crippen LogP contribution is 2.23. The highest BCUT2D eigenvalue weighted by atomic mass is 19.1. The Balaban J connectivity index is 1.78. The van der Waals surface area contributed by atoms with Crippen LogP contribution in [0.25, 0.3) is 0 Å². The number of carbonyl (C=O) groups is 2. The van der Waals surface area contributed by atoms with E-state index in [0.29, 0.717) is 30.7 Å². The molecule has 2 unspecified atom stereocenters. The average molecular weight is 305 g/mol. The molecule has 0 radical (unpaired) electrons. The van der Waals surface area contributed by atoms with Gasteiger partial charge in [-0.15, -0.1) is 0 Å². The number of hydrogen-bond acceptors (Lipinski definition) is 3. The molecule has 22 heavy (non-hydrogen) atoms. The summed E-state index contributed by atoms with van der Waals surface area (Å²) in [6.45, 7) is 2.70. The topological polar surface area (TPSA) is 61.4 Å². The van der Waals surface area contributed by atoms with Gasteiger partial charge in [-0.05, 0) is 37.5 Å². The first kappa shape index (κ1) is 15.0. The summed E-state index contributed by atoms with van der Waals surface area (Å²) in [7, 11) is 0. The molecule has 2 aliphatic rings. The highest BCUT2D eigenvalue weighted by Gasteiger charge is 2.31. The third-order valence-electron chi connectivity index (χ3n) is 4.33. The first-order chi connectivity index (χ1) is 10.5. The predicted molar refractivity (Wildman–Crippen MR) is 81.2 cm³/mol. The van der Waals surface area contributed by atoms with Crippen molar-refractivity contribution < 1.29 is 14.0 Å². The molecule has 6 heteroatoms. The summed E-state index contributed by atoms with van der Waals surface area (Å²) >= 11 is 0. The van der Waals surface area contributed by atoms with Gasteiger partial charge in [0.25, 0.3) is 5.91 Å². The van der Waals surface area contributed by atoms with Gasteiger partial charge in [-0.25, -0.2) is 4.39 Å². The van der Waals surface area contributed by atoms with Crippen molar-refractivity contribution in [2.75, 3.05) is 18.4 Å². The first-order valence-corrected chi connectivity index (χ1v) is 7.65. The van der Waals surface area contributed by atoms with Crippen LogP contribution in [0, 0.1) is 5.82 Å². The van der Waals surface area contributed by atoms with Crippen LogP contribution in [0.3, 0.4) is 0 Å². The molecule has 2 fully saturated rings. The van der Waals surface area contributed by atoms with Crippen LogP contribution in [0.2, 0.25) is 0 Å². The fourth-order valence-electron chi connectivity index (χ4n) is 3.25. The number of halogens is 1. The Morgan fingerprint density at radius 2 is 2.05 bits per heavy atom. The number of rotatable bonds is 2. The van der Waals surface area contributed by atoms with Gasteiger partial charge in [0, 0.05) is 37.7 Å². The quantitative estimate of drug-likeness (QED) is 0.875. The molecule has 0 aliphatic carbocycles. The largest absolute Gasteiger partial charge is 0.337 e. The molecule has 3 rings (SSSR count). The number of carbonyl (C=O) groups excluding carboxylic acids is 2. The molecule has 2 saturated heterocycles. The normalized spacial score (nSPS) is 24.0. The summed E-state index contributed by atoms with van der Waals surface area (Å²) in [6.07, 6.45) is 3.22. The fourth-order valence-corrected chi connectivity index (χ4v) is 3.25. The van der Waals surface area contributed by atoms with E-state index < -0.39 is 5.82 Å². The maximum atomic E-state index is 13.7. The van der Waals surface area contributed by atoms with E-state index in [4.69, 9.17) is 0 Å². The summed E-state index contributed by atoms with van der Waals surface area (Å²) in [5.41, 5.74) is 0.454. The molecule has 2 bridgehead atoms. The van der Waals surface area contributed by atoms with Gasteiger partial charge in [-0.1, -0.05) is 0 Å². The van der Waals surface area contributed by atoms with Gasteiger partial charge in [0.1, 0.15) is 5.82 Å². The maximum Gasteiger partial charge on any atom is 0.253 e. The van der Waals surface area contributed by atoms with E-state index in [1.54, 1.807) is 0 Å². The zero-order valence-electron chi connectivity index (χ0n) is 12.6. The van der Waals surface area contributed by atoms with Gasteiger partial charge in [0.05, 0.1) is 5.69 Å². The molecular formula is C16H20FN3O2. The minimum absolute atomic E-state index is 0.0489. The van der Waals surface area contributed by atoms with Crippen molar-refractivity contribution in [1.29, 1.82) is 0 Å². The zero-order chi connectivity index (χ0) is 15.7. The summed E-state index contributed by atoms with van der Waals surface area (Å²) in [5, 5.41) is 5.94. The third kappa shape index (κ3) is 3.11. The van der Waals surface area contributed by atoms with E-state index in [-0.39, 0.29) is 17.5 Å². The zero-order valence-corrected chi connectivity index (χ0v) is 12.6. The van der Waals surface area contributed by atoms with E-state index >= 15 is 0 Å². The first-order valence-electron chi connectivity index (χ1n) is 7.65.